The molecule has 0 aliphatic carbocycles. The summed E-state index contributed by atoms with van der Waals surface area (Å²) in [6.45, 7) is 3.04. The van der Waals surface area contributed by atoms with Crippen molar-refractivity contribution in [3.8, 4) is 17.2 Å². The number of hydrazone groups is 1. The Hall–Kier alpha value is -3.66. The molecular formula is C23H26N6O3S. The van der Waals surface area contributed by atoms with Crippen LogP contribution in [0.25, 0.3) is 10.9 Å². The predicted octanol–water partition coefficient (Wildman–Crippen LogP) is 2.69. The fourth-order valence-corrected chi connectivity index (χ4v) is 3.90. The van der Waals surface area contributed by atoms with Gasteiger partial charge in [0.25, 0.3) is 0 Å². The highest BCUT2D eigenvalue weighted by Gasteiger charge is 2.22. The molecule has 0 saturated carbocycles. The maximum Gasteiger partial charge on any atom is 0.189 e. The van der Waals surface area contributed by atoms with Gasteiger partial charge in [0.15, 0.2) is 16.6 Å². The molecule has 33 heavy (non-hydrogen) atoms. The highest BCUT2D eigenvalue weighted by atomic mass is 32.1. The molecule has 0 radical (unpaired) electrons. The van der Waals surface area contributed by atoms with Gasteiger partial charge in [-0.25, -0.2) is 9.97 Å². The molecule has 0 bridgehead atoms. The van der Waals surface area contributed by atoms with Gasteiger partial charge in [0.05, 0.1) is 33.1 Å². The van der Waals surface area contributed by atoms with Crippen LogP contribution in [-0.2, 0) is 0 Å². The zero-order chi connectivity index (χ0) is 23.2. The molecule has 172 valence electrons. The van der Waals surface area contributed by atoms with E-state index in [4.69, 9.17) is 26.4 Å². The van der Waals surface area contributed by atoms with Crippen molar-refractivity contribution in [3.05, 3.63) is 48.3 Å². The van der Waals surface area contributed by atoms with Gasteiger partial charge in [-0.2, -0.15) is 5.10 Å². The van der Waals surface area contributed by atoms with E-state index in [1.807, 2.05) is 36.4 Å². The second-order valence-corrected chi connectivity index (χ2v) is 7.73. The number of aromatic nitrogens is 2. The first-order valence-electron chi connectivity index (χ1n) is 10.5. The predicted molar refractivity (Wildman–Crippen MR) is 133 cm³/mol. The Bertz CT molecular complexity index is 1150. The second-order valence-electron chi connectivity index (χ2n) is 7.34. The summed E-state index contributed by atoms with van der Waals surface area (Å²) in [6, 6.07) is 11.4. The third kappa shape index (κ3) is 5.06. The van der Waals surface area contributed by atoms with Gasteiger partial charge in [0.2, 0.25) is 0 Å². The van der Waals surface area contributed by atoms with Crippen LogP contribution in [0.3, 0.4) is 0 Å². The van der Waals surface area contributed by atoms with Gasteiger partial charge in [-0.3, -0.25) is 5.43 Å². The molecule has 4 rings (SSSR count). The molecule has 9 nitrogen and oxygen atoms in total. The maximum atomic E-state index is 5.53. The molecule has 1 N–H and O–H groups in total. The van der Waals surface area contributed by atoms with Gasteiger partial charge in [-0.05, 0) is 48.1 Å². The van der Waals surface area contributed by atoms with Crippen LogP contribution in [0.1, 0.15) is 5.56 Å². The van der Waals surface area contributed by atoms with Gasteiger partial charge in [0, 0.05) is 37.6 Å². The minimum Gasteiger partial charge on any atom is -0.497 e. The summed E-state index contributed by atoms with van der Waals surface area (Å²) in [5.74, 6) is 2.98. The first-order valence-corrected chi connectivity index (χ1v) is 10.9. The van der Waals surface area contributed by atoms with E-state index < -0.39 is 0 Å². The molecule has 1 aliphatic heterocycles. The second kappa shape index (κ2) is 10.3. The van der Waals surface area contributed by atoms with Gasteiger partial charge >= 0.3 is 0 Å². The number of anilines is 1. The van der Waals surface area contributed by atoms with Crippen molar-refractivity contribution in [3.63, 3.8) is 0 Å². The molecule has 1 aliphatic rings. The van der Waals surface area contributed by atoms with Crippen LogP contribution >= 0.6 is 12.2 Å². The molecule has 1 fully saturated rings. The van der Waals surface area contributed by atoms with Crippen molar-refractivity contribution in [1.29, 1.82) is 0 Å². The highest BCUT2D eigenvalue weighted by Crippen LogP contribution is 2.34. The van der Waals surface area contributed by atoms with Crippen LogP contribution < -0.4 is 24.5 Å². The highest BCUT2D eigenvalue weighted by molar-refractivity contribution is 7.80. The number of benzene rings is 2. The Morgan fingerprint density at radius 1 is 0.970 bits per heavy atom. The van der Waals surface area contributed by atoms with E-state index >= 15 is 0 Å². The molecule has 0 amide bonds. The van der Waals surface area contributed by atoms with Crippen LogP contribution in [0.5, 0.6) is 17.2 Å². The molecule has 1 saturated heterocycles. The number of thiocarbonyl (C=S) groups is 1. The lowest BCUT2D eigenvalue weighted by atomic mass is 10.2. The van der Waals surface area contributed by atoms with Gasteiger partial charge in [-0.1, -0.05) is 0 Å². The van der Waals surface area contributed by atoms with Crippen molar-refractivity contribution in [1.82, 2.24) is 20.3 Å². The Morgan fingerprint density at radius 2 is 1.67 bits per heavy atom. The van der Waals surface area contributed by atoms with E-state index in [9.17, 15) is 0 Å². The van der Waals surface area contributed by atoms with Crippen molar-refractivity contribution < 1.29 is 14.2 Å². The fraction of sp³-hybridized carbons (Fsp3) is 0.304. The van der Waals surface area contributed by atoms with Crippen LogP contribution in [0.2, 0.25) is 0 Å². The van der Waals surface area contributed by atoms with Gasteiger partial charge in [0.1, 0.15) is 17.9 Å². The van der Waals surface area contributed by atoms with Crippen molar-refractivity contribution in [2.75, 3.05) is 52.4 Å². The lowest BCUT2D eigenvalue weighted by Crippen LogP contribution is -2.51. The van der Waals surface area contributed by atoms with E-state index in [0.717, 1.165) is 54.2 Å². The number of methoxy groups -OCH3 is 3. The average molecular weight is 467 g/mol. The summed E-state index contributed by atoms with van der Waals surface area (Å²) in [5, 5.41) is 5.79. The van der Waals surface area contributed by atoms with E-state index in [1.54, 1.807) is 33.9 Å². The minimum atomic E-state index is 0.596. The Balaban J connectivity index is 1.38. The zero-order valence-electron chi connectivity index (χ0n) is 18.8. The number of rotatable bonds is 6. The summed E-state index contributed by atoms with van der Waals surface area (Å²) < 4.78 is 16.0. The SMILES string of the molecule is COc1ccc(C=NNC(=S)N2CCN(c3ncnc4cc(OC)c(OC)cc34)CC2)cc1. The Morgan fingerprint density at radius 3 is 2.33 bits per heavy atom. The first-order chi connectivity index (χ1) is 16.1. The summed E-state index contributed by atoms with van der Waals surface area (Å²) >= 11 is 5.53. The standard InChI is InChI=1S/C23H26N6O3S/c1-30-17-6-4-16(5-7-17)14-26-27-23(33)29-10-8-28(9-11-29)22-18-12-20(31-2)21(32-3)13-19(18)24-15-25-22/h4-7,12-15H,8-11H2,1-3H3,(H,27,33). The summed E-state index contributed by atoms with van der Waals surface area (Å²) in [7, 11) is 4.88. The largest absolute Gasteiger partial charge is 0.497 e. The van der Waals surface area contributed by atoms with Gasteiger partial charge < -0.3 is 24.0 Å². The number of nitrogens with one attached hydrogen (secondary N) is 1. The number of nitrogens with zero attached hydrogens (tertiary/aromatic N) is 5. The number of fused-ring (bicyclic) bond motifs is 1. The summed E-state index contributed by atoms with van der Waals surface area (Å²) in [6.07, 6.45) is 3.31. The smallest absolute Gasteiger partial charge is 0.189 e. The molecular weight excluding hydrogens is 440 g/mol. The van der Waals surface area contributed by atoms with Crippen molar-refractivity contribution in [2.45, 2.75) is 0 Å². The lowest BCUT2D eigenvalue weighted by molar-refractivity contribution is 0.355. The number of hydrogen-bond acceptors (Lipinski definition) is 8. The number of ether oxygens (including phenoxy) is 3. The van der Waals surface area contributed by atoms with Crippen LogP contribution in [0.15, 0.2) is 47.8 Å². The number of piperazine rings is 1. The quantitative estimate of drug-likeness (QED) is 0.335. The van der Waals surface area contributed by atoms with Crippen LogP contribution in [-0.4, -0.2) is 73.7 Å². The third-order valence-corrected chi connectivity index (χ3v) is 5.83. The molecule has 1 aromatic heterocycles. The molecule has 2 aromatic carbocycles. The lowest BCUT2D eigenvalue weighted by Gasteiger charge is -2.36. The van der Waals surface area contributed by atoms with E-state index in [-0.39, 0.29) is 0 Å². The average Bonchev–Trinajstić information content (AvgIpc) is 2.87. The topological polar surface area (TPSA) is 84.3 Å². The van der Waals surface area contributed by atoms with Crippen molar-refractivity contribution >= 4 is 40.3 Å². The van der Waals surface area contributed by atoms with E-state index in [0.29, 0.717) is 16.6 Å². The third-order valence-electron chi connectivity index (χ3n) is 5.48. The minimum absolute atomic E-state index is 0.596. The van der Waals surface area contributed by atoms with Crippen molar-refractivity contribution in [2.24, 2.45) is 5.10 Å². The molecule has 10 heteroatoms. The molecule has 0 unspecified atom stereocenters. The summed E-state index contributed by atoms with van der Waals surface area (Å²) in [4.78, 5) is 13.3. The fourth-order valence-electron chi connectivity index (χ4n) is 3.67. The Kier molecular flexibility index (Phi) is 7.04. The van der Waals surface area contributed by atoms with Crippen LogP contribution in [0.4, 0.5) is 5.82 Å². The van der Waals surface area contributed by atoms with Crippen LogP contribution in [0, 0.1) is 0 Å². The molecule has 3 aromatic rings. The molecule has 0 spiro atoms. The number of hydrogen-bond donors (Lipinski definition) is 1. The summed E-state index contributed by atoms with van der Waals surface area (Å²) in [5.41, 5.74) is 4.73. The van der Waals surface area contributed by atoms with E-state index in [1.165, 1.54) is 0 Å². The molecule has 0 atom stereocenters. The zero-order valence-corrected chi connectivity index (χ0v) is 19.6. The van der Waals surface area contributed by atoms with Gasteiger partial charge in [-0.15, -0.1) is 0 Å². The van der Waals surface area contributed by atoms with E-state index in [2.05, 4.69) is 30.3 Å². The monoisotopic (exact) mass is 466 g/mol. The first kappa shape index (κ1) is 22.5. The maximum absolute atomic E-state index is 5.53. The normalized spacial score (nSPS) is 13.9. The Labute approximate surface area is 198 Å². The molecule has 2 heterocycles.